The molecule has 2 aliphatic rings. The summed E-state index contributed by atoms with van der Waals surface area (Å²) in [5.41, 5.74) is 7.90. The molecule has 7 nitrogen and oxygen atoms in total. The van der Waals surface area contributed by atoms with Gasteiger partial charge in [0.1, 0.15) is 0 Å². The minimum absolute atomic E-state index is 0.0559. The van der Waals surface area contributed by atoms with E-state index >= 15 is 0 Å². The van der Waals surface area contributed by atoms with E-state index in [1.807, 2.05) is 42.5 Å². The van der Waals surface area contributed by atoms with Gasteiger partial charge in [-0.25, -0.2) is 0 Å². The van der Waals surface area contributed by atoms with E-state index in [0.717, 1.165) is 35.7 Å². The van der Waals surface area contributed by atoms with E-state index < -0.39 is 6.10 Å². The first-order valence-corrected chi connectivity index (χ1v) is 17.6. The average Bonchev–Trinajstić information content (AvgIpc) is 3.05. The number of aliphatic hydroxyl groups excluding tert-OH is 1. The lowest BCUT2D eigenvalue weighted by Gasteiger charge is -2.48. The molecule has 0 radical (unpaired) electrons. The van der Waals surface area contributed by atoms with Crippen LogP contribution in [-0.4, -0.2) is 78.4 Å². The molecule has 3 aromatic carbocycles. The minimum atomic E-state index is -0.563. The number of aliphatic hydroxyl groups is 1. The molecule has 6 N–H and O–H groups in total. The Morgan fingerprint density at radius 1 is 0.978 bits per heavy atom. The van der Waals surface area contributed by atoms with Crippen LogP contribution in [0.2, 0.25) is 0 Å². The van der Waals surface area contributed by atoms with Crippen LogP contribution in [0.1, 0.15) is 75.2 Å². The van der Waals surface area contributed by atoms with Gasteiger partial charge in [0, 0.05) is 55.4 Å². The lowest BCUT2D eigenvalue weighted by Crippen LogP contribution is -2.58. The molecule has 0 bridgehead atoms. The fourth-order valence-corrected chi connectivity index (χ4v) is 7.54. The fraction of sp³-hybridized carbons (Fsp3) is 0.564. The van der Waals surface area contributed by atoms with E-state index in [9.17, 15) is 9.90 Å². The summed E-state index contributed by atoms with van der Waals surface area (Å²) in [6, 6.07) is 24.4. The lowest BCUT2D eigenvalue weighted by atomic mass is 9.72. The van der Waals surface area contributed by atoms with E-state index in [4.69, 9.17) is 5.73 Å². The highest BCUT2D eigenvalue weighted by Gasteiger charge is 2.38. The van der Waals surface area contributed by atoms with E-state index in [2.05, 4.69) is 72.0 Å². The van der Waals surface area contributed by atoms with Gasteiger partial charge in [0.25, 0.3) is 5.91 Å². The van der Waals surface area contributed by atoms with Gasteiger partial charge in [-0.05, 0) is 93.3 Å². The van der Waals surface area contributed by atoms with Crippen molar-refractivity contribution in [2.75, 3.05) is 32.7 Å². The van der Waals surface area contributed by atoms with Crippen molar-refractivity contribution in [3.8, 4) is 0 Å². The SMILES string of the molecule is CC(C)(C)NC[C@@H]1CC2CCCCC2CN1C[C@@H](O)[C@H](Cc1ccccc1)NC[C@H](CCN)NC(=O)c1ccc2ccccc2c1. The molecule has 46 heavy (non-hydrogen) atoms. The Bertz CT molecular complexity index is 1380. The van der Waals surface area contributed by atoms with Crippen molar-refractivity contribution < 1.29 is 9.90 Å². The van der Waals surface area contributed by atoms with E-state index in [-0.39, 0.29) is 23.5 Å². The van der Waals surface area contributed by atoms with Crippen molar-refractivity contribution in [1.29, 1.82) is 0 Å². The number of nitrogens with two attached hydrogens (primary N) is 1. The number of β-amino-alcohol motifs (C(OH)–C–C–N with tert-alkyl or cyclic N) is 1. The highest BCUT2D eigenvalue weighted by molar-refractivity contribution is 5.98. The Balaban J connectivity index is 1.27. The predicted molar refractivity (Wildman–Crippen MR) is 190 cm³/mol. The number of fused-ring (bicyclic) bond motifs is 2. The smallest absolute Gasteiger partial charge is 0.251 e. The zero-order chi connectivity index (χ0) is 32.5. The topological polar surface area (TPSA) is 103 Å². The monoisotopic (exact) mass is 627 g/mol. The number of benzene rings is 3. The van der Waals surface area contributed by atoms with Gasteiger partial charge in [-0.3, -0.25) is 9.69 Å². The van der Waals surface area contributed by atoms with Crippen molar-refractivity contribution in [2.45, 2.75) is 95.5 Å². The third-order valence-corrected chi connectivity index (χ3v) is 10.2. The van der Waals surface area contributed by atoms with Crippen LogP contribution < -0.4 is 21.7 Å². The maximum absolute atomic E-state index is 13.3. The molecule has 1 heterocycles. The van der Waals surface area contributed by atoms with E-state index in [1.165, 1.54) is 37.7 Å². The molecule has 0 aromatic heterocycles. The molecule has 7 heteroatoms. The number of nitrogens with one attached hydrogen (secondary N) is 3. The van der Waals surface area contributed by atoms with Crippen LogP contribution in [-0.2, 0) is 6.42 Å². The number of hydrogen-bond donors (Lipinski definition) is 5. The number of likely N-dealkylation sites (tertiary alicyclic amines) is 1. The summed E-state index contributed by atoms with van der Waals surface area (Å²) in [6.07, 6.45) is 7.33. The fourth-order valence-electron chi connectivity index (χ4n) is 7.54. The van der Waals surface area contributed by atoms with Crippen molar-refractivity contribution in [1.82, 2.24) is 20.9 Å². The zero-order valence-electron chi connectivity index (χ0n) is 28.3. The first kappa shape index (κ1) is 34.5. The predicted octanol–water partition coefficient (Wildman–Crippen LogP) is 5.12. The zero-order valence-corrected chi connectivity index (χ0v) is 28.3. The Morgan fingerprint density at radius 3 is 2.43 bits per heavy atom. The maximum Gasteiger partial charge on any atom is 0.251 e. The Labute approximate surface area is 276 Å². The Kier molecular flexibility index (Phi) is 12.3. The number of amides is 1. The molecule has 2 unspecified atom stereocenters. The third kappa shape index (κ3) is 9.85. The average molecular weight is 628 g/mol. The van der Waals surface area contributed by atoms with Crippen LogP contribution in [0.4, 0.5) is 0 Å². The van der Waals surface area contributed by atoms with Crippen molar-refractivity contribution in [2.24, 2.45) is 17.6 Å². The first-order chi connectivity index (χ1) is 22.2. The summed E-state index contributed by atoms with van der Waals surface area (Å²) in [7, 11) is 0. The van der Waals surface area contributed by atoms with Crippen LogP contribution in [0.3, 0.4) is 0 Å². The van der Waals surface area contributed by atoms with Gasteiger partial charge in [0.2, 0.25) is 0 Å². The van der Waals surface area contributed by atoms with E-state index in [1.54, 1.807) is 0 Å². The highest BCUT2D eigenvalue weighted by atomic mass is 16.3. The number of nitrogens with zero attached hydrogens (tertiary/aromatic N) is 1. The normalized spacial score (nSPS) is 22.6. The molecular formula is C39H57N5O2. The Hall–Kier alpha value is -2.81. The van der Waals surface area contributed by atoms with Gasteiger partial charge in [0.15, 0.2) is 0 Å². The molecule has 1 aliphatic heterocycles. The van der Waals surface area contributed by atoms with Gasteiger partial charge < -0.3 is 26.8 Å². The van der Waals surface area contributed by atoms with Gasteiger partial charge in [-0.15, -0.1) is 0 Å². The van der Waals surface area contributed by atoms with Gasteiger partial charge in [0.05, 0.1) is 6.10 Å². The van der Waals surface area contributed by atoms with Crippen molar-refractivity contribution in [3.63, 3.8) is 0 Å². The van der Waals surface area contributed by atoms with Crippen LogP contribution >= 0.6 is 0 Å². The summed E-state index contributed by atoms with van der Waals surface area (Å²) in [4.78, 5) is 15.9. The van der Waals surface area contributed by atoms with Crippen LogP contribution in [0.5, 0.6) is 0 Å². The van der Waals surface area contributed by atoms with E-state index in [0.29, 0.717) is 44.1 Å². The molecule has 250 valence electrons. The van der Waals surface area contributed by atoms with Gasteiger partial charge >= 0.3 is 0 Å². The second-order valence-electron chi connectivity index (χ2n) is 14.9. The molecule has 3 aromatic rings. The number of rotatable bonds is 14. The Morgan fingerprint density at radius 2 is 1.70 bits per heavy atom. The molecule has 1 amide bonds. The van der Waals surface area contributed by atoms with Crippen molar-refractivity contribution >= 4 is 16.7 Å². The summed E-state index contributed by atoms with van der Waals surface area (Å²) >= 11 is 0. The van der Waals surface area contributed by atoms with Crippen LogP contribution in [0, 0.1) is 11.8 Å². The van der Waals surface area contributed by atoms with Crippen LogP contribution in [0.15, 0.2) is 72.8 Å². The largest absolute Gasteiger partial charge is 0.390 e. The minimum Gasteiger partial charge on any atom is -0.390 e. The number of carbonyl (C=O) groups excluding carboxylic acids is 1. The molecule has 2 fully saturated rings. The molecule has 1 aliphatic carbocycles. The quantitative estimate of drug-likeness (QED) is 0.170. The number of carbonyl (C=O) groups is 1. The number of hydrogen-bond acceptors (Lipinski definition) is 6. The highest BCUT2D eigenvalue weighted by Crippen LogP contribution is 2.38. The second kappa shape index (κ2) is 16.3. The standard InChI is InChI=1S/C39H57N5O2/c1-39(2,3)42-25-35-23-31-15-9-10-16-33(31)26-44(35)27-37(45)36(21-28-11-5-4-6-12-28)41-24-34(19-20-40)43-38(46)32-18-17-29-13-7-8-14-30(29)22-32/h4-8,11-14,17-18,22,31,33-37,41-42,45H,9-10,15-16,19-21,23-27,40H2,1-3H3,(H,43,46)/t31?,33?,34-,35-,36-,37+/m0/s1. The van der Waals surface area contributed by atoms with Gasteiger partial charge in [-0.2, -0.15) is 0 Å². The first-order valence-electron chi connectivity index (χ1n) is 17.6. The summed E-state index contributed by atoms with van der Waals surface area (Å²) in [5, 5.41) is 24.8. The molecular weight excluding hydrogens is 570 g/mol. The summed E-state index contributed by atoms with van der Waals surface area (Å²) in [5.74, 6) is 1.43. The molecule has 5 rings (SSSR count). The molecule has 1 saturated carbocycles. The second-order valence-corrected chi connectivity index (χ2v) is 14.9. The summed E-state index contributed by atoms with van der Waals surface area (Å²) in [6.45, 7) is 10.3. The third-order valence-electron chi connectivity index (χ3n) is 10.2. The summed E-state index contributed by atoms with van der Waals surface area (Å²) < 4.78 is 0. The lowest BCUT2D eigenvalue weighted by molar-refractivity contribution is -0.00359. The maximum atomic E-state index is 13.3. The number of piperidine rings is 1. The molecule has 0 spiro atoms. The van der Waals surface area contributed by atoms with Crippen molar-refractivity contribution in [3.05, 3.63) is 83.9 Å². The van der Waals surface area contributed by atoms with Gasteiger partial charge in [-0.1, -0.05) is 79.9 Å². The molecule has 1 saturated heterocycles. The molecule has 6 atom stereocenters. The van der Waals surface area contributed by atoms with Crippen LogP contribution in [0.25, 0.3) is 10.8 Å².